The van der Waals surface area contributed by atoms with E-state index in [9.17, 15) is 38.8 Å². The normalized spacial score (nSPS) is 9.71. The van der Waals surface area contributed by atoms with E-state index in [2.05, 4.69) is 45.6 Å². The third-order valence-electron chi connectivity index (χ3n) is 11.2. The van der Waals surface area contributed by atoms with Crippen molar-refractivity contribution < 1.29 is 75.5 Å². The quantitative estimate of drug-likeness (QED) is 0.00772. The third kappa shape index (κ3) is 32.9. The van der Waals surface area contributed by atoms with E-state index < -0.39 is 20.2 Å². The van der Waals surface area contributed by atoms with E-state index >= 15 is 0 Å². The van der Waals surface area contributed by atoms with Crippen molar-refractivity contribution in [2.45, 2.75) is 116 Å². The van der Waals surface area contributed by atoms with Gasteiger partial charge in [-0.25, -0.2) is 9.36 Å². The van der Waals surface area contributed by atoms with Gasteiger partial charge in [-0.2, -0.15) is 0 Å². The lowest BCUT2D eigenvalue weighted by Crippen LogP contribution is -3.00. The molecule has 0 spiro atoms. The fourth-order valence-electron chi connectivity index (χ4n) is 6.67. The number of hydrogen-bond donors (Lipinski definition) is 6. The number of aromatic nitrogens is 3. The SMILES string of the molecule is C=C(C)C(=O)CCCCCC(=O)c1cc[n+](Cc2ccccc2B(O)O)cc1.C=C(C)C(=O)CCCCCC(=O)c1ccncc1.C=C(C)C(=O)CCCCN.O=C(O)c1ccncc1.OB(O)c1ccccc1CBr.[Br-].[PH2-]. The van der Waals surface area contributed by atoms with Gasteiger partial charge < -0.3 is 57.8 Å². The number of nitrogens with zero attached hydrogens (tertiary/aromatic N) is 3. The summed E-state index contributed by atoms with van der Waals surface area (Å²) in [6.07, 6.45) is 19.2. The van der Waals surface area contributed by atoms with Crippen LogP contribution in [0, 0.1) is 0 Å². The summed E-state index contributed by atoms with van der Waals surface area (Å²) in [6, 6.07) is 24.2. The van der Waals surface area contributed by atoms with Crippen LogP contribution >= 0.6 is 25.8 Å². The Morgan fingerprint density at radius 2 is 0.872 bits per heavy atom. The lowest BCUT2D eigenvalue weighted by molar-refractivity contribution is -0.688. The molecule has 3 heterocycles. The van der Waals surface area contributed by atoms with Gasteiger partial charge in [0.2, 0.25) is 0 Å². The predicted octanol–water partition coefficient (Wildman–Crippen LogP) is 4.97. The first kappa shape index (κ1) is 74.3. The summed E-state index contributed by atoms with van der Waals surface area (Å²) in [7, 11) is -2.88. The number of carbonyl (C=O) groups is 6. The van der Waals surface area contributed by atoms with E-state index in [0.717, 1.165) is 62.5 Å². The van der Waals surface area contributed by atoms with Crippen molar-refractivity contribution >= 4 is 85.9 Å². The molecule has 3 aromatic heterocycles. The van der Waals surface area contributed by atoms with E-state index in [1.165, 1.54) is 24.5 Å². The number of aromatic carboxylic acids is 1. The molecule has 0 fully saturated rings. The minimum atomic E-state index is -1.51. The number of rotatable bonds is 27. The van der Waals surface area contributed by atoms with Crippen molar-refractivity contribution in [3.05, 3.63) is 186 Å². The number of benzene rings is 2. The first-order valence-corrected chi connectivity index (χ1v) is 26.1. The summed E-state index contributed by atoms with van der Waals surface area (Å²) >= 11 is 3.25. The Morgan fingerprint density at radius 1 is 0.526 bits per heavy atom. The van der Waals surface area contributed by atoms with E-state index in [1.807, 2.05) is 41.2 Å². The molecule has 0 bridgehead atoms. The maximum atomic E-state index is 12.3. The predicted molar refractivity (Wildman–Crippen MR) is 313 cm³/mol. The van der Waals surface area contributed by atoms with Crippen molar-refractivity contribution in [3.8, 4) is 0 Å². The summed E-state index contributed by atoms with van der Waals surface area (Å²) < 4.78 is 1.89. The van der Waals surface area contributed by atoms with E-state index in [-0.39, 0.29) is 61.4 Å². The van der Waals surface area contributed by atoms with Crippen LogP contribution in [-0.4, -0.2) is 90.8 Å². The highest BCUT2D eigenvalue weighted by atomic mass is 79.9. The average Bonchev–Trinajstić information content (AvgIpc) is 3.41. The molecule has 0 aliphatic carbocycles. The van der Waals surface area contributed by atoms with Crippen molar-refractivity contribution in [1.29, 1.82) is 0 Å². The highest BCUT2D eigenvalue weighted by Crippen LogP contribution is 2.12. The fourth-order valence-corrected chi connectivity index (χ4v) is 7.18. The standard InChI is InChI=1S/C22H27BNO4.C15H19NO2.C8H15NO.C7H8BBrO2.C6H5NO2.BrH.H2P/c1-17(2)21(25)10-4-3-5-11-22(26)18-12-14-24(15-13-18)16-19-8-6-7-9-20(19)23(27)28;1-12(2)14(17)6-4-3-5-7-15(18)13-8-10-16-11-9-13;1-7(2)8(10)5-3-4-6-9;9-5-6-3-1-2-4-7(6)8(10)11;8-6(9)5-1-3-7-4-2-5;;/h6-9,12-15,27-28H,1,3-5,10-11,16H2,2H3;8-11H,1,3-7H2,2H3;1,3-6,9H2,2H3;1-4,10-11H,5H2;1-4H,(H,8,9);1H;1H2/q+1;;;;;;-1/p-1. The summed E-state index contributed by atoms with van der Waals surface area (Å²) in [5, 5.41) is 45.6. The summed E-state index contributed by atoms with van der Waals surface area (Å²) in [6.45, 7) is 17.2. The van der Waals surface area contributed by atoms with Crippen LogP contribution in [0.15, 0.2) is 159 Å². The van der Waals surface area contributed by atoms with Crippen molar-refractivity contribution in [2.24, 2.45) is 5.73 Å². The van der Waals surface area contributed by atoms with Gasteiger partial charge in [0, 0.05) is 91.0 Å². The molecule has 15 nitrogen and oxygen atoms in total. The number of alkyl halides is 1. The molecular weight excluding hydrogens is 1140 g/mol. The molecule has 0 radical (unpaired) electrons. The number of hydrogen-bond acceptors (Lipinski definition) is 13. The number of unbranched alkanes of at least 4 members (excludes halogenated alkanes) is 5. The van der Waals surface area contributed by atoms with Crippen molar-refractivity contribution in [1.82, 2.24) is 9.97 Å². The van der Waals surface area contributed by atoms with E-state index in [0.29, 0.717) is 89.3 Å². The molecular formula is C58H76B2Br2N4O11P-. The number of pyridine rings is 3. The Kier molecular flexibility index (Phi) is 42.1. The highest BCUT2D eigenvalue weighted by molar-refractivity contribution is 9.08. The summed E-state index contributed by atoms with van der Waals surface area (Å²) in [4.78, 5) is 75.4. The van der Waals surface area contributed by atoms with E-state index in [1.54, 1.807) is 81.7 Å². The molecule has 0 saturated carbocycles. The Morgan fingerprint density at radius 3 is 1.22 bits per heavy atom. The topological polar surface area (TPSA) is 259 Å². The van der Waals surface area contributed by atoms with Crippen LogP contribution in [0.25, 0.3) is 0 Å². The number of carboxylic acid groups (broad SMARTS) is 1. The number of ketones is 5. The zero-order valence-corrected chi connectivity index (χ0v) is 49.4. The van der Waals surface area contributed by atoms with E-state index in [4.69, 9.17) is 20.9 Å². The molecule has 7 N–H and O–H groups in total. The monoisotopic (exact) mass is 1220 g/mol. The number of carboxylic acids is 1. The van der Waals surface area contributed by atoms with Crippen LogP contribution in [0.3, 0.4) is 0 Å². The minimum absolute atomic E-state index is 0. The molecule has 0 aliphatic rings. The molecule has 0 unspecified atom stereocenters. The van der Waals surface area contributed by atoms with Crippen LogP contribution in [0.4, 0.5) is 0 Å². The zero-order chi connectivity index (χ0) is 56.8. The Labute approximate surface area is 483 Å². The lowest BCUT2D eigenvalue weighted by Gasteiger charge is -2.06. The maximum absolute atomic E-state index is 12.3. The molecule has 78 heavy (non-hydrogen) atoms. The van der Waals surface area contributed by atoms with Gasteiger partial charge in [-0.05, 0) is 123 Å². The van der Waals surface area contributed by atoms with Crippen LogP contribution < -0.4 is 38.2 Å². The van der Waals surface area contributed by atoms with Crippen LogP contribution in [0.2, 0.25) is 0 Å². The molecule has 0 atom stereocenters. The Balaban J connectivity index is 0. The third-order valence-corrected chi connectivity index (χ3v) is 11.8. The smallest absolute Gasteiger partial charge is 0.488 e. The number of allylic oxidation sites excluding steroid dienone is 3. The zero-order valence-electron chi connectivity index (χ0n) is 45.1. The highest BCUT2D eigenvalue weighted by Gasteiger charge is 2.18. The molecule has 5 rings (SSSR count). The minimum Gasteiger partial charge on any atom is -1.00 e. The van der Waals surface area contributed by atoms with Gasteiger partial charge in [0.05, 0.1) is 5.56 Å². The van der Waals surface area contributed by atoms with Gasteiger partial charge in [0.1, 0.15) is 0 Å². The number of nitrogens with two attached hydrogens (primary N) is 1. The maximum Gasteiger partial charge on any atom is 0.488 e. The fraction of sp³-hybridized carbons (Fsp3) is 0.328. The van der Waals surface area contributed by atoms with Crippen LogP contribution in [-0.2, 0) is 26.3 Å². The van der Waals surface area contributed by atoms with Crippen LogP contribution in [0.5, 0.6) is 0 Å². The van der Waals surface area contributed by atoms with Gasteiger partial charge >= 0.3 is 20.2 Å². The van der Waals surface area contributed by atoms with Gasteiger partial charge in [0.15, 0.2) is 47.9 Å². The Hall–Kier alpha value is -5.75. The van der Waals surface area contributed by atoms with Gasteiger partial charge in [-0.1, -0.05) is 97.0 Å². The molecule has 0 saturated heterocycles. The second-order valence-electron chi connectivity index (χ2n) is 17.6. The first-order chi connectivity index (χ1) is 36.2. The average molecular weight is 1220 g/mol. The Bertz CT molecular complexity index is 2610. The summed E-state index contributed by atoms with van der Waals surface area (Å²) in [5.74, 6) is -0.316. The largest absolute Gasteiger partial charge is 1.00 e. The van der Waals surface area contributed by atoms with Crippen molar-refractivity contribution in [2.75, 3.05) is 6.54 Å². The van der Waals surface area contributed by atoms with Crippen molar-refractivity contribution in [3.63, 3.8) is 0 Å². The number of carbonyl (C=O) groups excluding carboxylic acids is 5. The molecule has 420 valence electrons. The van der Waals surface area contributed by atoms with Gasteiger partial charge in [0.25, 0.3) is 0 Å². The second-order valence-corrected chi connectivity index (χ2v) is 18.2. The number of Topliss-reactive ketones (excluding diaryl/α,β-unsaturated/α-hetero) is 5. The number of halogens is 2. The first-order valence-electron chi connectivity index (χ1n) is 25.0. The lowest BCUT2D eigenvalue weighted by atomic mass is 9.77. The van der Waals surface area contributed by atoms with Crippen LogP contribution in [0.1, 0.15) is 146 Å². The molecule has 2 aromatic carbocycles. The summed E-state index contributed by atoms with van der Waals surface area (Å²) in [5.41, 5.74) is 11.5. The van der Waals surface area contributed by atoms with Gasteiger partial charge in [-0.3, -0.25) is 33.9 Å². The van der Waals surface area contributed by atoms with Gasteiger partial charge in [-0.15, -0.1) is 0 Å². The molecule has 20 heteroatoms. The molecule has 5 aromatic rings. The molecule has 0 amide bonds. The second kappa shape index (κ2) is 44.1. The molecule has 0 aliphatic heterocycles.